The average molecular weight is 577 g/mol. The highest BCUT2D eigenvalue weighted by atomic mass is 35.5. The number of halogens is 3. The van der Waals surface area contributed by atoms with Crippen LogP contribution in [-0.2, 0) is 24.9 Å². The van der Waals surface area contributed by atoms with Crippen LogP contribution in [0.5, 0.6) is 0 Å². The fourth-order valence-corrected chi connectivity index (χ4v) is 6.96. The molecule has 0 bridgehead atoms. The van der Waals surface area contributed by atoms with Crippen molar-refractivity contribution in [1.82, 2.24) is 14.9 Å². The molecule has 2 aromatic carbocycles. The number of hydrogen-bond donors (Lipinski definition) is 1. The van der Waals surface area contributed by atoms with Crippen molar-refractivity contribution in [2.24, 2.45) is 11.7 Å². The third kappa shape index (κ3) is 5.29. The molecule has 6 rings (SSSR count). The summed E-state index contributed by atoms with van der Waals surface area (Å²) in [4.78, 5) is 14.8. The van der Waals surface area contributed by atoms with E-state index in [1.54, 1.807) is 6.33 Å². The Morgan fingerprint density at radius 1 is 0.974 bits per heavy atom. The van der Waals surface area contributed by atoms with Gasteiger partial charge in [-0.05, 0) is 73.4 Å². The summed E-state index contributed by atoms with van der Waals surface area (Å²) >= 11 is 0. The number of hydrogen-bond acceptors (Lipinski definition) is 5. The van der Waals surface area contributed by atoms with Crippen LogP contribution >= 0.6 is 37.2 Å². The fourth-order valence-electron chi connectivity index (χ4n) is 6.96. The van der Waals surface area contributed by atoms with Crippen molar-refractivity contribution in [3.8, 4) is 0 Å². The van der Waals surface area contributed by atoms with Gasteiger partial charge in [-0.1, -0.05) is 56.3 Å². The van der Waals surface area contributed by atoms with E-state index in [1.165, 1.54) is 40.1 Å². The number of aryl methyl sites for hydroxylation is 1. The molecule has 2 aliphatic heterocycles. The number of aromatic nitrogens is 2. The van der Waals surface area contributed by atoms with Gasteiger partial charge in [0.05, 0.1) is 0 Å². The van der Waals surface area contributed by atoms with Crippen molar-refractivity contribution < 1.29 is 0 Å². The van der Waals surface area contributed by atoms with Crippen LogP contribution in [0.2, 0.25) is 0 Å². The Kier molecular flexibility index (Phi) is 10.1. The molecule has 5 nitrogen and oxygen atoms in total. The molecular formula is C30H40Cl3N5. The number of anilines is 2. The first-order valence-electron chi connectivity index (χ1n) is 13.3. The maximum Gasteiger partial charge on any atom is 0.140 e. The van der Waals surface area contributed by atoms with Crippen molar-refractivity contribution in [1.29, 1.82) is 0 Å². The largest absolute Gasteiger partial charge is 0.326 e. The van der Waals surface area contributed by atoms with E-state index in [1.807, 2.05) is 0 Å². The van der Waals surface area contributed by atoms with Crippen molar-refractivity contribution in [2.75, 3.05) is 24.5 Å². The predicted octanol–water partition coefficient (Wildman–Crippen LogP) is 6.57. The van der Waals surface area contributed by atoms with Crippen LogP contribution in [0.25, 0.3) is 0 Å². The summed E-state index contributed by atoms with van der Waals surface area (Å²) in [5.41, 5.74) is 14.6. The number of likely N-dealkylation sites (tertiary alicyclic amines) is 1. The minimum atomic E-state index is 0. The second kappa shape index (κ2) is 12.5. The molecule has 1 aromatic heterocycles. The number of rotatable bonds is 5. The number of nitrogens with zero attached hydrogens (tertiary/aromatic N) is 4. The Hall–Kier alpha value is -1.89. The highest BCUT2D eigenvalue weighted by Crippen LogP contribution is 2.53. The molecule has 1 unspecified atom stereocenters. The molecule has 0 amide bonds. The number of nitrogens with two attached hydrogens (primary N) is 1. The number of benzene rings is 2. The zero-order valence-electron chi connectivity index (χ0n) is 22.3. The smallest absolute Gasteiger partial charge is 0.140 e. The Morgan fingerprint density at radius 2 is 1.71 bits per heavy atom. The van der Waals surface area contributed by atoms with E-state index in [0.717, 1.165) is 51.3 Å². The van der Waals surface area contributed by atoms with Crippen LogP contribution in [0.4, 0.5) is 11.5 Å². The Balaban J connectivity index is 0.00000133. The Morgan fingerprint density at radius 3 is 2.39 bits per heavy atom. The Bertz CT molecular complexity index is 1210. The van der Waals surface area contributed by atoms with E-state index in [-0.39, 0.29) is 42.6 Å². The lowest BCUT2D eigenvalue weighted by molar-refractivity contribution is 0.160. The fraction of sp³-hybridized carbons (Fsp3) is 0.467. The summed E-state index contributed by atoms with van der Waals surface area (Å²) in [6, 6.07) is 17.6. The first-order chi connectivity index (χ1) is 17.1. The average Bonchev–Trinajstić information content (AvgIpc) is 3.46. The molecule has 3 heterocycles. The summed E-state index contributed by atoms with van der Waals surface area (Å²) in [5.74, 6) is 2.27. The van der Waals surface area contributed by atoms with Crippen molar-refractivity contribution in [2.45, 2.75) is 64.0 Å². The zero-order valence-corrected chi connectivity index (χ0v) is 24.8. The van der Waals surface area contributed by atoms with Gasteiger partial charge in [0.25, 0.3) is 0 Å². The first-order valence-corrected chi connectivity index (χ1v) is 13.3. The lowest BCUT2D eigenvalue weighted by Gasteiger charge is -2.40. The van der Waals surface area contributed by atoms with Gasteiger partial charge in [0.1, 0.15) is 12.1 Å². The molecule has 1 saturated heterocycles. The molecule has 0 radical (unpaired) electrons. The van der Waals surface area contributed by atoms with Crippen LogP contribution in [0, 0.1) is 5.92 Å². The molecule has 1 atom stereocenters. The van der Waals surface area contributed by atoms with Crippen LogP contribution in [-0.4, -0.2) is 34.5 Å². The third-order valence-corrected chi connectivity index (χ3v) is 8.76. The summed E-state index contributed by atoms with van der Waals surface area (Å²) < 4.78 is 0. The monoisotopic (exact) mass is 575 g/mol. The lowest BCUT2D eigenvalue weighted by atomic mass is 9.72. The van der Waals surface area contributed by atoms with E-state index in [4.69, 9.17) is 15.7 Å². The van der Waals surface area contributed by atoms with Gasteiger partial charge in [0.2, 0.25) is 0 Å². The van der Waals surface area contributed by atoms with Crippen LogP contribution < -0.4 is 10.6 Å². The number of piperidine rings is 1. The molecule has 206 valence electrons. The molecule has 38 heavy (non-hydrogen) atoms. The van der Waals surface area contributed by atoms with E-state index in [2.05, 4.69) is 72.2 Å². The molecular weight excluding hydrogens is 537 g/mol. The van der Waals surface area contributed by atoms with Crippen molar-refractivity contribution in [3.05, 3.63) is 82.8 Å². The third-order valence-electron chi connectivity index (χ3n) is 8.76. The number of fused-ring (bicyclic) bond motifs is 3. The van der Waals surface area contributed by atoms with Crippen molar-refractivity contribution in [3.63, 3.8) is 0 Å². The second-order valence-electron chi connectivity index (χ2n) is 11.1. The molecule has 0 saturated carbocycles. The van der Waals surface area contributed by atoms with Gasteiger partial charge in [-0.25, -0.2) is 9.97 Å². The molecule has 8 heteroatoms. The maximum atomic E-state index is 6.32. The molecule has 3 aliphatic rings. The minimum Gasteiger partial charge on any atom is -0.326 e. The van der Waals surface area contributed by atoms with E-state index in [9.17, 15) is 0 Å². The molecule has 2 N–H and O–H groups in total. The molecule has 3 aromatic rings. The maximum absolute atomic E-state index is 6.32. The standard InChI is InChI=1S/C30H37N5.3ClH/c1-21(2)24-11-12-25-27(24)29(33-20-32-25)35-19-30(28-23(17-31)9-6-10-26(28)35)13-15-34(16-14-30)18-22-7-4-3-5-8-22;;;/h3-10,20-21,24H,11-19,31H2,1-2H3;3*1H. The van der Waals surface area contributed by atoms with Crippen molar-refractivity contribution >= 4 is 48.7 Å². The van der Waals surface area contributed by atoms with Crippen LogP contribution in [0.1, 0.15) is 67.0 Å². The SMILES string of the molecule is CC(C)C1CCc2ncnc(N3CC4(CCN(Cc5ccccc5)CC4)c4c(CN)cccc43)c21.Cl.Cl.Cl. The Labute approximate surface area is 245 Å². The van der Waals surface area contributed by atoms with E-state index in [0.29, 0.717) is 18.4 Å². The predicted molar refractivity (Wildman–Crippen MR) is 164 cm³/mol. The van der Waals surface area contributed by atoms with Crippen LogP contribution in [0.15, 0.2) is 54.9 Å². The molecule has 1 aliphatic carbocycles. The minimum absolute atomic E-state index is 0. The van der Waals surface area contributed by atoms with Gasteiger partial charge in [-0.3, -0.25) is 4.90 Å². The topological polar surface area (TPSA) is 58.3 Å². The quantitative estimate of drug-likeness (QED) is 0.372. The molecule has 1 spiro atoms. The zero-order chi connectivity index (χ0) is 24.0. The summed E-state index contributed by atoms with van der Waals surface area (Å²) in [5, 5.41) is 0. The van der Waals surface area contributed by atoms with Gasteiger partial charge in [0.15, 0.2) is 0 Å². The van der Waals surface area contributed by atoms with Gasteiger partial charge < -0.3 is 10.6 Å². The van der Waals surface area contributed by atoms with Gasteiger partial charge >= 0.3 is 0 Å². The van der Waals surface area contributed by atoms with Gasteiger partial charge in [-0.15, -0.1) is 37.2 Å². The molecule has 1 fully saturated rings. The van der Waals surface area contributed by atoms with Gasteiger partial charge in [0, 0.05) is 42.0 Å². The summed E-state index contributed by atoms with van der Waals surface area (Å²) in [6.07, 6.45) is 6.35. The normalized spacial score (nSPS) is 19.4. The van der Waals surface area contributed by atoms with E-state index >= 15 is 0 Å². The lowest BCUT2D eigenvalue weighted by Crippen LogP contribution is -2.45. The summed E-state index contributed by atoms with van der Waals surface area (Å²) in [7, 11) is 0. The highest BCUT2D eigenvalue weighted by molar-refractivity contribution is 5.86. The van der Waals surface area contributed by atoms with Crippen LogP contribution in [0.3, 0.4) is 0 Å². The first kappa shape index (κ1) is 30.6. The second-order valence-corrected chi connectivity index (χ2v) is 11.1. The van der Waals surface area contributed by atoms with E-state index < -0.39 is 0 Å². The highest BCUT2D eigenvalue weighted by Gasteiger charge is 2.47. The van der Waals surface area contributed by atoms with Gasteiger partial charge in [-0.2, -0.15) is 0 Å². The summed E-state index contributed by atoms with van der Waals surface area (Å²) in [6.45, 7) is 9.50.